The summed E-state index contributed by atoms with van der Waals surface area (Å²) in [5.74, 6) is -0.207. The summed E-state index contributed by atoms with van der Waals surface area (Å²) in [7, 11) is 0. The number of amides is 1. The summed E-state index contributed by atoms with van der Waals surface area (Å²) >= 11 is 0. The van der Waals surface area contributed by atoms with Crippen LogP contribution in [-0.2, 0) is 16.0 Å². The number of hydrogen-bond donors (Lipinski definition) is 0. The summed E-state index contributed by atoms with van der Waals surface area (Å²) in [4.78, 5) is 20.7. The molecule has 5 rings (SSSR count). The zero-order valence-corrected chi connectivity index (χ0v) is 18.8. The Labute approximate surface area is 189 Å². The maximum Gasteiger partial charge on any atom is 0.252 e. The van der Waals surface area contributed by atoms with E-state index in [0.29, 0.717) is 19.2 Å². The summed E-state index contributed by atoms with van der Waals surface area (Å²) in [6.45, 7) is 8.52. The average molecular weight is 438 g/mol. The van der Waals surface area contributed by atoms with E-state index >= 15 is 0 Å². The Morgan fingerprint density at radius 2 is 1.88 bits per heavy atom. The Balaban J connectivity index is 1.39. The van der Waals surface area contributed by atoms with Crippen LogP contribution >= 0.6 is 0 Å². The molecule has 0 saturated carbocycles. The molecule has 0 aromatic heterocycles. The number of likely N-dealkylation sites (N-methyl/N-ethyl adjacent to an activating group) is 1. The van der Waals surface area contributed by atoms with Crippen molar-refractivity contribution in [3.05, 3.63) is 71.0 Å². The molecule has 0 N–H and O–H groups in total. The van der Waals surface area contributed by atoms with Gasteiger partial charge in [0.05, 0.1) is 12.6 Å². The normalized spacial score (nSPS) is 26.8. The molecule has 3 heterocycles. The second-order valence-corrected chi connectivity index (χ2v) is 9.13. The van der Waals surface area contributed by atoms with Crippen molar-refractivity contribution in [2.24, 2.45) is 0 Å². The first-order chi connectivity index (χ1) is 15.6. The minimum atomic E-state index is -0.427. The molecule has 3 aliphatic heterocycles. The number of benzene rings is 2. The van der Waals surface area contributed by atoms with Gasteiger partial charge < -0.3 is 14.5 Å². The van der Waals surface area contributed by atoms with Crippen molar-refractivity contribution >= 4 is 5.91 Å². The molecule has 170 valence electrons. The van der Waals surface area contributed by atoms with Crippen molar-refractivity contribution in [3.63, 3.8) is 0 Å². The van der Waals surface area contributed by atoms with E-state index in [4.69, 9.17) is 4.74 Å². The van der Waals surface area contributed by atoms with Crippen LogP contribution in [0.3, 0.4) is 0 Å². The van der Waals surface area contributed by atoms with Crippen LogP contribution in [0.2, 0.25) is 0 Å². The van der Waals surface area contributed by atoms with Crippen LogP contribution in [-0.4, -0.2) is 78.6 Å². The van der Waals surface area contributed by atoms with Crippen molar-refractivity contribution in [3.8, 4) is 0 Å². The first-order valence-corrected chi connectivity index (χ1v) is 11.9. The molecule has 0 bridgehead atoms. The SMILES string of the molecule is CCN1CCN2CC[C@H](C(=O)N3CCc4ccccc4[C@@H]3c3ccc(F)cc3)OC[C@@H]2C1. The summed E-state index contributed by atoms with van der Waals surface area (Å²) in [5, 5.41) is 0. The molecule has 3 aliphatic rings. The molecule has 32 heavy (non-hydrogen) atoms. The third-order valence-electron chi connectivity index (χ3n) is 7.33. The fourth-order valence-corrected chi connectivity index (χ4v) is 5.48. The Morgan fingerprint density at radius 1 is 1.06 bits per heavy atom. The monoisotopic (exact) mass is 437 g/mol. The van der Waals surface area contributed by atoms with Crippen LogP contribution in [0, 0.1) is 5.82 Å². The van der Waals surface area contributed by atoms with Crippen molar-refractivity contribution in [1.82, 2.24) is 14.7 Å². The third kappa shape index (κ3) is 4.19. The fraction of sp³-hybridized carbons (Fsp3) is 0.500. The standard InChI is InChI=1S/C26H32FN3O2/c1-2-28-15-16-29-13-12-24(32-18-22(29)17-28)26(31)30-14-11-19-5-3-4-6-23(19)25(30)20-7-9-21(27)10-8-20/h3-10,22,24-25H,2,11-18H2,1H3/t22-,24+,25-/m0/s1. The van der Waals surface area contributed by atoms with E-state index in [1.807, 2.05) is 17.0 Å². The number of halogens is 1. The van der Waals surface area contributed by atoms with Gasteiger partial charge in [0, 0.05) is 38.8 Å². The van der Waals surface area contributed by atoms with Crippen LogP contribution in [0.25, 0.3) is 0 Å². The van der Waals surface area contributed by atoms with E-state index in [1.54, 1.807) is 12.1 Å². The van der Waals surface area contributed by atoms with Gasteiger partial charge in [0.2, 0.25) is 0 Å². The number of piperazine rings is 1. The van der Waals surface area contributed by atoms with Crippen LogP contribution in [0.15, 0.2) is 48.5 Å². The van der Waals surface area contributed by atoms with Gasteiger partial charge in [-0.25, -0.2) is 4.39 Å². The molecule has 2 aromatic rings. The first kappa shape index (κ1) is 21.6. The Hall–Kier alpha value is -2.28. The van der Waals surface area contributed by atoms with Gasteiger partial charge >= 0.3 is 0 Å². The molecular formula is C26H32FN3O2. The lowest BCUT2D eigenvalue weighted by molar-refractivity contribution is -0.146. The van der Waals surface area contributed by atoms with E-state index in [1.165, 1.54) is 17.7 Å². The van der Waals surface area contributed by atoms with E-state index in [-0.39, 0.29) is 17.8 Å². The van der Waals surface area contributed by atoms with E-state index in [9.17, 15) is 9.18 Å². The minimum absolute atomic E-state index is 0.0565. The lowest BCUT2D eigenvalue weighted by Gasteiger charge is -2.39. The lowest BCUT2D eigenvalue weighted by atomic mass is 9.87. The molecule has 5 nitrogen and oxygen atoms in total. The minimum Gasteiger partial charge on any atom is -0.367 e. The van der Waals surface area contributed by atoms with E-state index in [2.05, 4.69) is 28.9 Å². The van der Waals surface area contributed by atoms with Crippen LogP contribution in [0.4, 0.5) is 4.39 Å². The van der Waals surface area contributed by atoms with Gasteiger partial charge in [-0.15, -0.1) is 0 Å². The van der Waals surface area contributed by atoms with Gasteiger partial charge in [-0.2, -0.15) is 0 Å². The molecule has 2 saturated heterocycles. The van der Waals surface area contributed by atoms with E-state index in [0.717, 1.165) is 56.7 Å². The average Bonchev–Trinajstić information content (AvgIpc) is 3.05. The van der Waals surface area contributed by atoms with Crippen molar-refractivity contribution in [2.45, 2.75) is 38.0 Å². The Morgan fingerprint density at radius 3 is 2.69 bits per heavy atom. The van der Waals surface area contributed by atoms with Gasteiger partial charge in [0.25, 0.3) is 5.91 Å². The predicted molar refractivity (Wildman–Crippen MR) is 122 cm³/mol. The highest BCUT2D eigenvalue weighted by atomic mass is 19.1. The summed E-state index contributed by atoms with van der Waals surface area (Å²) in [6.07, 6.45) is 1.12. The van der Waals surface area contributed by atoms with Gasteiger partial charge in [-0.3, -0.25) is 9.69 Å². The topological polar surface area (TPSA) is 36.0 Å². The highest BCUT2D eigenvalue weighted by Gasteiger charge is 2.38. The Bertz CT molecular complexity index is 950. The van der Waals surface area contributed by atoms with Crippen molar-refractivity contribution in [1.29, 1.82) is 0 Å². The first-order valence-electron chi connectivity index (χ1n) is 11.9. The van der Waals surface area contributed by atoms with Crippen LogP contribution in [0.5, 0.6) is 0 Å². The van der Waals surface area contributed by atoms with Gasteiger partial charge in [0.1, 0.15) is 11.9 Å². The quantitative estimate of drug-likeness (QED) is 0.740. The number of carbonyl (C=O) groups is 1. The highest BCUT2D eigenvalue weighted by molar-refractivity contribution is 5.82. The number of rotatable bonds is 3. The molecule has 0 unspecified atom stereocenters. The third-order valence-corrected chi connectivity index (χ3v) is 7.33. The molecule has 0 spiro atoms. The van der Waals surface area contributed by atoms with Crippen LogP contribution in [0.1, 0.15) is 36.1 Å². The number of nitrogens with zero attached hydrogens (tertiary/aromatic N) is 3. The van der Waals surface area contributed by atoms with Gasteiger partial charge in [0.15, 0.2) is 0 Å². The predicted octanol–water partition coefficient (Wildman–Crippen LogP) is 3.09. The molecule has 0 radical (unpaired) electrons. The largest absolute Gasteiger partial charge is 0.367 e. The molecule has 0 aliphatic carbocycles. The van der Waals surface area contributed by atoms with Gasteiger partial charge in [-0.05, 0) is 48.2 Å². The molecule has 2 aromatic carbocycles. The smallest absolute Gasteiger partial charge is 0.252 e. The summed E-state index contributed by atoms with van der Waals surface area (Å²) < 4.78 is 19.9. The lowest BCUT2D eigenvalue weighted by Crippen LogP contribution is -2.54. The maximum absolute atomic E-state index is 13.8. The molecule has 1 amide bonds. The zero-order valence-electron chi connectivity index (χ0n) is 18.8. The Kier molecular flexibility index (Phi) is 6.26. The van der Waals surface area contributed by atoms with Crippen molar-refractivity contribution < 1.29 is 13.9 Å². The van der Waals surface area contributed by atoms with E-state index < -0.39 is 6.10 Å². The summed E-state index contributed by atoms with van der Waals surface area (Å²) in [5.41, 5.74) is 3.32. The number of hydrogen-bond acceptors (Lipinski definition) is 4. The van der Waals surface area contributed by atoms with Gasteiger partial charge in [-0.1, -0.05) is 43.3 Å². The second-order valence-electron chi connectivity index (χ2n) is 9.13. The highest BCUT2D eigenvalue weighted by Crippen LogP contribution is 2.36. The van der Waals surface area contributed by atoms with Crippen molar-refractivity contribution in [2.75, 3.05) is 45.9 Å². The molecular weight excluding hydrogens is 405 g/mol. The zero-order chi connectivity index (χ0) is 22.1. The fourth-order valence-electron chi connectivity index (χ4n) is 5.48. The number of ether oxygens (including phenoxy) is 1. The molecule has 2 fully saturated rings. The second kappa shape index (κ2) is 9.30. The molecule has 6 heteroatoms. The van der Waals surface area contributed by atoms with Crippen LogP contribution < -0.4 is 0 Å². The molecule has 3 atom stereocenters. The summed E-state index contributed by atoms with van der Waals surface area (Å²) in [6, 6.07) is 15.0. The number of fused-ring (bicyclic) bond motifs is 2. The maximum atomic E-state index is 13.8. The number of carbonyl (C=O) groups excluding carboxylic acids is 1.